The molecule has 0 aliphatic heterocycles. The van der Waals surface area contributed by atoms with Crippen molar-refractivity contribution in [2.45, 2.75) is 74.7 Å². The Morgan fingerprint density at radius 3 is 1.68 bits per heavy atom. The van der Waals surface area contributed by atoms with Gasteiger partial charge in [0.05, 0.1) is 19.1 Å². The monoisotopic (exact) mass is 271 g/mol. The fourth-order valence-electron chi connectivity index (χ4n) is 0.262. The third-order valence-electron chi connectivity index (χ3n) is 2.05. The molecule has 0 aromatic carbocycles. The van der Waals surface area contributed by atoms with Gasteiger partial charge in [0, 0.05) is 6.61 Å². The number of hydrogen-bond donors (Lipinski definition) is 0. The van der Waals surface area contributed by atoms with Crippen LogP contribution < -0.4 is 0 Å². The summed E-state index contributed by atoms with van der Waals surface area (Å²) in [4.78, 5) is 0. The van der Waals surface area contributed by atoms with Gasteiger partial charge < -0.3 is 4.74 Å². The molecule has 2 nitrogen and oxygen atoms in total. The van der Waals surface area contributed by atoms with Gasteiger partial charge in [0.1, 0.15) is 0 Å². The highest BCUT2D eigenvalue weighted by Crippen LogP contribution is 2.02. The van der Waals surface area contributed by atoms with Crippen LogP contribution in [0.15, 0.2) is 12.2 Å². The average molecular weight is 271 g/mol. The van der Waals surface area contributed by atoms with Crippen molar-refractivity contribution in [1.82, 2.24) is 0 Å². The minimum Gasteiger partial charge on any atom is -0.381 e. The van der Waals surface area contributed by atoms with Crippen LogP contribution in [0.3, 0.4) is 0 Å². The number of allylic oxidation sites excluding steroid dienone is 1. The van der Waals surface area contributed by atoms with Crippen molar-refractivity contribution in [3.8, 4) is 6.07 Å². The minimum atomic E-state index is 0.508. The zero-order valence-corrected chi connectivity index (χ0v) is 14.7. The molecule has 0 unspecified atom stereocenters. The van der Waals surface area contributed by atoms with E-state index in [0.717, 1.165) is 0 Å². The van der Waals surface area contributed by atoms with E-state index in [-0.39, 0.29) is 0 Å². The maximum absolute atomic E-state index is 7.96. The zero-order valence-electron chi connectivity index (χ0n) is 14.7. The lowest BCUT2D eigenvalue weighted by atomic mass is 10.1. The SMILES string of the molecule is C=C(C)C(C)C.CC.CCCC.CCOCCC#N. The van der Waals surface area contributed by atoms with Crippen LogP contribution >= 0.6 is 0 Å². The lowest BCUT2D eigenvalue weighted by molar-refractivity contribution is 0.153. The molecular weight excluding hydrogens is 234 g/mol. The van der Waals surface area contributed by atoms with Crippen molar-refractivity contribution in [3.05, 3.63) is 12.2 Å². The Bertz CT molecular complexity index is 178. The number of hydrogen-bond acceptors (Lipinski definition) is 2. The molecule has 0 atom stereocenters. The predicted octanol–water partition coefficient (Wildman–Crippen LogP) is 5.99. The molecule has 0 heterocycles. The maximum atomic E-state index is 7.96. The first-order valence-electron chi connectivity index (χ1n) is 7.57. The first kappa shape index (κ1) is 26.7. The fourth-order valence-corrected chi connectivity index (χ4v) is 0.262. The van der Waals surface area contributed by atoms with Crippen LogP contribution in [-0.4, -0.2) is 13.2 Å². The number of nitrogens with zero attached hydrogens (tertiary/aromatic N) is 1. The molecule has 0 aliphatic carbocycles. The van der Waals surface area contributed by atoms with E-state index in [0.29, 0.717) is 25.6 Å². The van der Waals surface area contributed by atoms with Gasteiger partial charge in [-0.1, -0.05) is 66.5 Å². The van der Waals surface area contributed by atoms with Crippen molar-refractivity contribution in [2.24, 2.45) is 5.92 Å². The summed E-state index contributed by atoms with van der Waals surface area (Å²) in [6.07, 6.45) is 3.15. The predicted molar refractivity (Wildman–Crippen MR) is 88.3 cm³/mol. The fraction of sp³-hybridized carbons (Fsp3) is 0.824. The molecule has 0 saturated heterocycles. The van der Waals surface area contributed by atoms with Crippen molar-refractivity contribution >= 4 is 0 Å². The second-order valence-corrected chi connectivity index (χ2v) is 4.11. The molecule has 0 aliphatic rings. The second-order valence-electron chi connectivity index (χ2n) is 4.11. The van der Waals surface area contributed by atoms with Crippen LogP contribution in [0.4, 0.5) is 0 Å². The first-order chi connectivity index (χ1) is 8.97. The summed E-state index contributed by atoms with van der Waals surface area (Å²) >= 11 is 0. The van der Waals surface area contributed by atoms with E-state index < -0.39 is 0 Å². The van der Waals surface area contributed by atoms with Crippen LogP contribution in [0.1, 0.15) is 74.7 Å². The minimum absolute atomic E-state index is 0.508. The summed E-state index contributed by atoms with van der Waals surface area (Å²) in [7, 11) is 0. The highest BCUT2D eigenvalue weighted by atomic mass is 16.5. The number of nitriles is 1. The summed E-state index contributed by atoms with van der Waals surface area (Å²) < 4.78 is 4.85. The molecule has 0 rings (SSSR count). The van der Waals surface area contributed by atoms with Gasteiger partial charge in [0.15, 0.2) is 0 Å². The van der Waals surface area contributed by atoms with E-state index in [9.17, 15) is 0 Å². The van der Waals surface area contributed by atoms with E-state index >= 15 is 0 Å². The normalized spacial score (nSPS) is 7.79. The molecule has 2 heteroatoms. The molecule has 0 aromatic rings. The van der Waals surface area contributed by atoms with Gasteiger partial charge in [0.2, 0.25) is 0 Å². The van der Waals surface area contributed by atoms with E-state index in [2.05, 4.69) is 34.3 Å². The van der Waals surface area contributed by atoms with Crippen molar-refractivity contribution in [3.63, 3.8) is 0 Å². The van der Waals surface area contributed by atoms with E-state index in [4.69, 9.17) is 10.00 Å². The Balaban J connectivity index is -0.0000000858. The van der Waals surface area contributed by atoms with Gasteiger partial charge in [-0.2, -0.15) is 5.26 Å². The smallest absolute Gasteiger partial charge is 0.0645 e. The molecule has 0 fully saturated rings. The molecule has 0 bridgehead atoms. The lowest BCUT2D eigenvalue weighted by Crippen LogP contribution is -1.89. The third kappa shape index (κ3) is 59.1. The summed E-state index contributed by atoms with van der Waals surface area (Å²) in [5.74, 6) is 0.657. The standard InChI is InChI=1S/C6H12.C5H9NO.C4H10.C2H6/c1-5(2)6(3)4;1-2-7-5-3-4-6;1-3-4-2;1-2/h6H,1H2,2-4H3;2-3,5H2,1H3;3-4H2,1-2H3;1-2H3. The summed E-state index contributed by atoms with van der Waals surface area (Å²) in [5.41, 5.74) is 1.26. The van der Waals surface area contributed by atoms with Crippen LogP contribution in [0.5, 0.6) is 0 Å². The quantitative estimate of drug-likeness (QED) is 0.454. The van der Waals surface area contributed by atoms with Gasteiger partial charge in [-0.25, -0.2) is 0 Å². The Morgan fingerprint density at radius 1 is 1.16 bits per heavy atom. The topological polar surface area (TPSA) is 33.0 Å². The molecule has 116 valence electrons. The van der Waals surface area contributed by atoms with Gasteiger partial charge in [0.25, 0.3) is 0 Å². The molecule has 0 radical (unpaired) electrons. The zero-order chi connectivity index (χ0) is 16.1. The molecule has 0 saturated carbocycles. The van der Waals surface area contributed by atoms with Gasteiger partial charge in [-0.3, -0.25) is 0 Å². The Labute approximate surface area is 122 Å². The van der Waals surface area contributed by atoms with E-state index in [1.165, 1.54) is 18.4 Å². The van der Waals surface area contributed by atoms with E-state index in [1.807, 2.05) is 33.8 Å². The van der Waals surface area contributed by atoms with Gasteiger partial charge in [-0.05, 0) is 19.8 Å². The number of rotatable bonds is 5. The number of ether oxygens (including phenoxy) is 1. The van der Waals surface area contributed by atoms with Crippen LogP contribution in [0.2, 0.25) is 0 Å². The highest BCUT2D eigenvalue weighted by molar-refractivity contribution is 4.90. The Kier molecular flexibility index (Phi) is 42.6. The van der Waals surface area contributed by atoms with Crippen molar-refractivity contribution in [2.75, 3.05) is 13.2 Å². The van der Waals surface area contributed by atoms with Crippen LogP contribution in [-0.2, 0) is 4.74 Å². The summed E-state index contributed by atoms with van der Waals surface area (Å²) in [5, 5.41) is 7.96. The van der Waals surface area contributed by atoms with Crippen molar-refractivity contribution < 1.29 is 4.74 Å². The largest absolute Gasteiger partial charge is 0.381 e. The van der Waals surface area contributed by atoms with E-state index in [1.54, 1.807) is 0 Å². The molecule has 19 heavy (non-hydrogen) atoms. The summed E-state index contributed by atoms with van der Waals surface area (Å²) in [6, 6.07) is 1.98. The Morgan fingerprint density at radius 2 is 1.53 bits per heavy atom. The van der Waals surface area contributed by atoms with Crippen molar-refractivity contribution in [1.29, 1.82) is 5.26 Å². The average Bonchev–Trinajstić information content (AvgIpc) is 2.42. The summed E-state index contributed by atoms with van der Waals surface area (Å²) in [6.45, 7) is 21.6. The molecular formula is C17H37NO. The third-order valence-corrected chi connectivity index (χ3v) is 2.05. The highest BCUT2D eigenvalue weighted by Gasteiger charge is 1.87. The van der Waals surface area contributed by atoms with Gasteiger partial charge >= 0.3 is 0 Å². The molecule has 0 amide bonds. The van der Waals surface area contributed by atoms with Crippen LogP contribution in [0, 0.1) is 17.2 Å². The molecule has 0 spiro atoms. The molecule has 0 aromatic heterocycles. The number of unbranched alkanes of at least 4 members (excludes halogenated alkanes) is 1. The first-order valence-corrected chi connectivity index (χ1v) is 7.57. The molecule has 0 N–H and O–H groups in total. The maximum Gasteiger partial charge on any atom is 0.0645 e. The Hall–Kier alpha value is -0.810. The second kappa shape index (κ2) is 30.3. The van der Waals surface area contributed by atoms with Gasteiger partial charge in [-0.15, -0.1) is 0 Å². The lowest BCUT2D eigenvalue weighted by Gasteiger charge is -1.97. The van der Waals surface area contributed by atoms with Crippen LogP contribution in [0.25, 0.3) is 0 Å².